The molecule has 5 heterocycles. The Kier molecular flexibility index (Phi) is 10.6. The molecule has 26 heteroatoms. The number of aromatic nitrogens is 8. The van der Waals surface area contributed by atoms with Crippen molar-refractivity contribution in [1.82, 2.24) is 39.0 Å². The number of hydrogen-bond acceptors (Lipinski definition) is 19. The average Bonchev–Trinajstić information content (AvgIpc) is 3.63. The van der Waals surface area contributed by atoms with Crippen LogP contribution < -0.4 is 17.0 Å². The van der Waals surface area contributed by atoms with Crippen LogP contribution in [0.3, 0.4) is 0 Å². The Morgan fingerprint density at radius 2 is 1.68 bits per heavy atom. The van der Waals surface area contributed by atoms with Crippen LogP contribution in [0.5, 0.6) is 0 Å². The molecule has 0 radical (unpaired) electrons. The highest BCUT2D eigenvalue weighted by Crippen LogP contribution is 2.60. The van der Waals surface area contributed by atoms with Gasteiger partial charge in [-0.3, -0.25) is 23.4 Å². The molecule has 53 heavy (non-hydrogen) atoms. The first kappa shape index (κ1) is 38.6. The number of rotatable bonds is 13. The van der Waals surface area contributed by atoms with Crippen molar-refractivity contribution in [2.24, 2.45) is 0 Å². The molecule has 0 saturated carbocycles. The minimum Gasteiger partial charge on any atom is -0.388 e. The molecule has 0 amide bonds. The zero-order chi connectivity index (χ0) is 38.6. The molecule has 3 aromatic rings. The van der Waals surface area contributed by atoms with Crippen molar-refractivity contribution in [1.29, 1.82) is 0 Å². The van der Waals surface area contributed by atoms with Crippen LogP contribution >= 0.6 is 15.6 Å². The summed E-state index contributed by atoms with van der Waals surface area (Å²) in [4.78, 5) is 66.6. The number of nitrogens with zero attached hydrogens (tertiary/aromatic N) is 7. The summed E-state index contributed by atoms with van der Waals surface area (Å²) in [6.45, 7) is 0.795. The van der Waals surface area contributed by atoms with Gasteiger partial charge in [0.15, 0.2) is 29.2 Å². The molecule has 286 valence electrons. The van der Waals surface area contributed by atoms with Gasteiger partial charge in [-0.25, -0.2) is 33.9 Å². The van der Waals surface area contributed by atoms with E-state index in [-0.39, 0.29) is 34.0 Å². The van der Waals surface area contributed by atoms with Gasteiger partial charge in [0.1, 0.15) is 48.5 Å². The summed E-state index contributed by atoms with van der Waals surface area (Å²) in [5, 5.41) is 53.0. The Hall–Kier alpha value is -4.13. The van der Waals surface area contributed by atoms with E-state index in [1.54, 1.807) is 26.0 Å². The van der Waals surface area contributed by atoms with Gasteiger partial charge in [0, 0.05) is 0 Å². The molecule has 2 unspecified atom stereocenters. The fourth-order valence-electron chi connectivity index (χ4n) is 5.55. The largest absolute Gasteiger partial charge is 0.481 e. The first-order valence-corrected chi connectivity index (χ1v) is 18.4. The summed E-state index contributed by atoms with van der Waals surface area (Å²) in [6, 6.07) is 3.29. The molecule has 24 nitrogen and oxygen atoms in total. The van der Waals surface area contributed by atoms with Crippen molar-refractivity contribution in [2.75, 3.05) is 18.9 Å². The molecule has 10 N–H and O–H groups in total. The molecular formula is C27H33N9O15P2. The maximum absolute atomic E-state index is 12.5. The number of phosphoric acid groups is 2. The second-order valence-corrected chi connectivity index (χ2v) is 15.1. The normalized spacial score (nSPS) is 23.3. The average molecular weight is 786 g/mol. The highest BCUT2D eigenvalue weighted by Gasteiger charge is 2.46. The zero-order valence-electron chi connectivity index (χ0n) is 27.5. The number of aliphatic hydroxyl groups excluding tert-OH is 5. The predicted octanol–water partition coefficient (Wildman–Crippen LogP) is -2.42. The van der Waals surface area contributed by atoms with E-state index in [0.717, 1.165) is 17.5 Å². The van der Waals surface area contributed by atoms with Crippen LogP contribution in [0, 0.1) is 13.8 Å². The number of H-pyrrole nitrogens is 1. The molecule has 0 aliphatic carbocycles. The number of fused-ring (bicyclic) bond motifs is 3. The number of hydrogen-bond donors (Lipinski definition) is 9. The third-order valence-electron chi connectivity index (χ3n) is 8.40. The number of ether oxygens (including phenoxy) is 1. The van der Waals surface area contributed by atoms with Crippen molar-refractivity contribution in [3.05, 3.63) is 56.8 Å². The SMILES string of the molecule is Cc1cc2nc3c(=O)[nH]c(=O)nc-3n(C[C@H](O)[C@@H](O)[C@H](O)COP(=O)(O)OP(=O)(O)OC[C@H]3O[C@@H](n4cnc5c(N)ncnc54)[C@H](O)[C@@H]3O)c2cc1C. The summed E-state index contributed by atoms with van der Waals surface area (Å²) in [7, 11) is -11.0. The van der Waals surface area contributed by atoms with Gasteiger partial charge in [-0.2, -0.15) is 9.29 Å². The number of aromatic amines is 1. The van der Waals surface area contributed by atoms with Gasteiger partial charge in [0.2, 0.25) is 0 Å². The summed E-state index contributed by atoms with van der Waals surface area (Å²) in [6.07, 6.45) is -9.93. The van der Waals surface area contributed by atoms with Crippen molar-refractivity contribution >= 4 is 43.7 Å². The van der Waals surface area contributed by atoms with Gasteiger partial charge in [0.05, 0.1) is 37.1 Å². The Morgan fingerprint density at radius 1 is 0.981 bits per heavy atom. The lowest BCUT2D eigenvalue weighted by Gasteiger charge is -2.26. The van der Waals surface area contributed by atoms with E-state index < -0.39 is 89.5 Å². The lowest BCUT2D eigenvalue weighted by atomic mass is 10.1. The van der Waals surface area contributed by atoms with E-state index in [2.05, 4.69) is 33.8 Å². The maximum Gasteiger partial charge on any atom is 0.481 e. The number of nitrogens with two attached hydrogens (primary N) is 1. The predicted molar refractivity (Wildman–Crippen MR) is 177 cm³/mol. The van der Waals surface area contributed by atoms with Gasteiger partial charge in [0.25, 0.3) is 5.56 Å². The second-order valence-electron chi connectivity index (χ2n) is 12.1. The van der Waals surface area contributed by atoms with E-state index >= 15 is 0 Å². The molecule has 2 aromatic heterocycles. The fraction of sp³-hybridized carbons (Fsp3) is 0.444. The smallest absolute Gasteiger partial charge is 0.388 e. The number of nitrogens with one attached hydrogen (secondary N) is 1. The molecule has 1 saturated heterocycles. The number of phosphoric ester groups is 2. The monoisotopic (exact) mass is 785 g/mol. The Labute approximate surface area is 295 Å². The number of anilines is 1. The molecular weight excluding hydrogens is 752 g/mol. The van der Waals surface area contributed by atoms with E-state index in [0.29, 0.717) is 5.52 Å². The highest BCUT2D eigenvalue weighted by molar-refractivity contribution is 7.61. The van der Waals surface area contributed by atoms with Crippen molar-refractivity contribution in [2.45, 2.75) is 63.2 Å². The molecule has 3 aliphatic rings. The summed E-state index contributed by atoms with van der Waals surface area (Å²) >= 11 is 0. The topological polar surface area (TPSA) is 363 Å². The molecule has 0 bridgehead atoms. The molecule has 3 aliphatic heterocycles. The van der Waals surface area contributed by atoms with E-state index in [4.69, 9.17) is 15.0 Å². The van der Waals surface area contributed by atoms with Crippen LogP contribution in [-0.4, -0.2) is 124 Å². The Balaban J connectivity index is 1.07. The first-order valence-electron chi connectivity index (χ1n) is 15.4. The Bertz CT molecular complexity index is 2350. The van der Waals surface area contributed by atoms with Crippen molar-refractivity contribution < 1.29 is 62.5 Å². The standard InChI is InChI=1S/C27H33N9O15P2/c1-10-3-12-13(4-11(10)2)35(24-18(32-12)25(42)34-27(43)33-24)5-14(37)19(39)15(38)6-48-52(44,45)51-53(46,47)49-7-16-20(40)21(41)26(50-16)36-9-31-17-22(28)29-8-30-23(17)36/h3-4,8-9,14-16,19-21,26,37-41H,5-7H2,1-2H3,(H,44,45)(H,46,47)(H2,28,29,30)(H,34,42,43)/t14-,15+,16+,19+,20+,21+,26+/m0/s1. The van der Waals surface area contributed by atoms with E-state index in [1.165, 1.54) is 15.5 Å². The number of imidazole rings is 1. The van der Waals surface area contributed by atoms with Crippen molar-refractivity contribution in [3.63, 3.8) is 0 Å². The fourth-order valence-corrected chi connectivity index (χ4v) is 7.65. The molecule has 9 atom stereocenters. The van der Waals surface area contributed by atoms with E-state index in [1.807, 2.05) is 4.98 Å². The second kappa shape index (κ2) is 14.6. The summed E-state index contributed by atoms with van der Waals surface area (Å²) in [5.74, 6) is -0.212. The molecule has 6 rings (SSSR count). The van der Waals surface area contributed by atoms with Crippen molar-refractivity contribution in [3.8, 4) is 11.5 Å². The quantitative estimate of drug-likeness (QED) is 0.0443. The summed E-state index contributed by atoms with van der Waals surface area (Å²) < 4.78 is 46.6. The Morgan fingerprint density at radius 3 is 2.42 bits per heavy atom. The highest BCUT2D eigenvalue weighted by atomic mass is 31.3. The van der Waals surface area contributed by atoms with Crippen LogP contribution in [0.1, 0.15) is 17.4 Å². The van der Waals surface area contributed by atoms with Gasteiger partial charge in [-0.05, 0) is 37.1 Å². The lowest BCUT2D eigenvalue weighted by molar-refractivity contribution is -0.0794. The molecule has 0 spiro atoms. The van der Waals surface area contributed by atoms with Crippen LogP contribution in [-0.2, 0) is 33.8 Å². The first-order chi connectivity index (χ1) is 24.9. The number of aliphatic hydroxyl groups is 5. The summed E-state index contributed by atoms with van der Waals surface area (Å²) in [5.41, 5.74) is 6.11. The minimum absolute atomic E-state index is 0.0293. The third kappa shape index (κ3) is 7.91. The lowest BCUT2D eigenvalue weighted by Crippen LogP contribution is -2.42. The van der Waals surface area contributed by atoms with Gasteiger partial charge < -0.3 is 50.4 Å². The minimum atomic E-state index is -5.54. The van der Waals surface area contributed by atoms with Gasteiger partial charge in [-0.15, -0.1) is 0 Å². The van der Waals surface area contributed by atoms with Gasteiger partial charge >= 0.3 is 21.3 Å². The van der Waals surface area contributed by atoms with Crippen LogP contribution in [0.15, 0.2) is 34.4 Å². The number of benzene rings is 1. The van der Waals surface area contributed by atoms with Crippen LogP contribution in [0.4, 0.5) is 5.82 Å². The number of aryl methyl sites for hydroxylation is 2. The zero-order valence-corrected chi connectivity index (χ0v) is 29.3. The molecule has 1 aromatic carbocycles. The van der Waals surface area contributed by atoms with Gasteiger partial charge in [-0.1, -0.05) is 0 Å². The third-order valence-corrected chi connectivity index (χ3v) is 11.0. The number of nitrogen functional groups attached to an aromatic ring is 1. The van der Waals surface area contributed by atoms with E-state index in [9.17, 15) is 54.0 Å². The maximum atomic E-state index is 12.5. The molecule has 1 fully saturated rings. The van der Waals surface area contributed by atoms with Crippen LogP contribution in [0.25, 0.3) is 33.7 Å². The van der Waals surface area contributed by atoms with Crippen LogP contribution in [0.2, 0.25) is 0 Å².